The number of nitrogens with zero attached hydrogens (tertiary/aromatic N) is 1. The van der Waals surface area contributed by atoms with Crippen LogP contribution in [0.15, 0.2) is 59.7 Å². The maximum atomic E-state index is 12.5. The van der Waals surface area contributed by atoms with Crippen LogP contribution < -0.4 is 29.7 Å². The van der Waals surface area contributed by atoms with Gasteiger partial charge in [-0.25, -0.2) is 5.43 Å². The Labute approximate surface area is 226 Å². The first kappa shape index (κ1) is 28.3. The van der Waals surface area contributed by atoms with Crippen LogP contribution in [0.3, 0.4) is 0 Å². The molecule has 0 fully saturated rings. The van der Waals surface area contributed by atoms with Gasteiger partial charge in [-0.2, -0.15) is 5.10 Å². The average molecular weight is 540 g/mol. The van der Waals surface area contributed by atoms with Crippen LogP contribution in [0.25, 0.3) is 0 Å². The molecule has 9 nitrogen and oxygen atoms in total. The summed E-state index contributed by atoms with van der Waals surface area (Å²) in [6.07, 6.45) is 1.48. The van der Waals surface area contributed by atoms with E-state index < -0.39 is 5.91 Å². The molecule has 0 aliphatic carbocycles. The molecule has 0 aromatic heterocycles. The normalized spacial score (nSPS) is 10.7. The van der Waals surface area contributed by atoms with Crippen molar-refractivity contribution in [1.29, 1.82) is 0 Å². The van der Waals surface area contributed by atoms with Gasteiger partial charge >= 0.3 is 0 Å². The Morgan fingerprint density at radius 2 is 1.61 bits per heavy atom. The quantitative estimate of drug-likeness (QED) is 0.241. The number of methoxy groups -OCH3 is 1. The van der Waals surface area contributed by atoms with E-state index in [0.29, 0.717) is 58.0 Å². The monoisotopic (exact) mass is 539 g/mol. The molecule has 0 aliphatic rings. The van der Waals surface area contributed by atoms with Gasteiger partial charge in [0, 0.05) is 16.3 Å². The second kappa shape index (κ2) is 13.9. The van der Waals surface area contributed by atoms with Crippen molar-refractivity contribution in [2.24, 2.45) is 5.10 Å². The summed E-state index contributed by atoms with van der Waals surface area (Å²) in [6, 6.07) is 15.2. The Bertz CT molecular complexity index is 1310. The standard InChI is InChI=1S/C28H30ClN3O6/c1-5-36-25-13-19(16-30-32-28(34)20-9-12-23(35-4)26(14-20)37-6-2)8-11-24(25)38-17-27(33)31-21-10-7-18(3)22(29)15-21/h7-16H,5-6,17H2,1-4H3,(H,31,33)(H,32,34)/b30-16+. The number of amides is 2. The molecule has 0 unspecified atom stereocenters. The van der Waals surface area contributed by atoms with Gasteiger partial charge in [0.05, 0.1) is 26.5 Å². The lowest BCUT2D eigenvalue weighted by Gasteiger charge is -2.13. The first-order valence-electron chi connectivity index (χ1n) is 11.9. The molecule has 200 valence electrons. The zero-order chi connectivity index (χ0) is 27.5. The first-order valence-corrected chi connectivity index (χ1v) is 12.3. The van der Waals surface area contributed by atoms with E-state index in [-0.39, 0.29) is 12.5 Å². The van der Waals surface area contributed by atoms with E-state index in [4.69, 9.17) is 30.5 Å². The number of rotatable bonds is 12. The molecular weight excluding hydrogens is 510 g/mol. The summed E-state index contributed by atoms with van der Waals surface area (Å²) >= 11 is 6.11. The summed E-state index contributed by atoms with van der Waals surface area (Å²) < 4.78 is 22.1. The maximum absolute atomic E-state index is 12.5. The number of nitrogens with one attached hydrogen (secondary N) is 2. The average Bonchev–Trinajstić information content (AvgIpc) is 2.90. The Hall–Kier alpha value is -4.24. The highest BCUT2D eigenvalue weighted by molar-refractivity contribution is 6.31. The number of hydrazone groups is 1. The van der Waals surface area contributed by atoms with E-state index in [9.17, 15) is 9.59 Å². The van der Waals surface area contributed by atoms with E-state index in [1.807, 2.05) is 26.8 Å². The van der Waals surface area contributed by atoms with Gasteiger partial charge in [0.2, 0.25) is 0 Å². The molecule has 0 spiro atoms. The second-order valence-electron chi connectivity index (χ2n) is 7.94. The van der Waals surface area contributed by atoms with Gasteiger partial charge < -0.3 is 24.3 Å². The van der Waals surface area contributed by atoms with Crippen molar-refractivity contribution in [2.75, 3.05) is 32.2 Å². The fourth-order valence-electron chi connectivity index (χ4n) is 3.32. The first-order chi connectivity index (χ1) is 18.3. The van der Waals surface area contributed by atoms with Crippen molar-refractivity contribution < 1.29 is 28.5 Å². The van der Waals surface area contributed by atoms with Gasteiger partial charge in [-0.05, 0) is 80.4 Å². The third-order valence-corrected chi connectivity index (χ3v) is 5.59. The van der Waals surface area contributed by atoms with Crippen molar-refractivity contribution in [3.05, 3.63) is 76.3 Å². The molecule has 0 saturated heterocycles. The number of hydrogen-bond acceptors (Lipinski definition) is 7. The molecule has 3 rings (SSSR count). The predicted molar refractivity (Wildman–Crippen MR) is 147 cm³/mol. The fraction of sp³-hybridized carbons (Fsp3) is 0.250. The molecule has 0 atom stereocenters. The van der Waals surface area contributed by atoms with Crippen molar-refractivity contribution >= 4 is 35.3 Å². The maximum Gasteiger partial charge on any atom is 0.271 e. The van der Waals surface area contributed by atoms with Gasteiger partial charge in [-0.1, -0.05) is 17.7 Å². The molecule has 38 heavy (non-hydrogen) atoms. The minimum absolute atomic E-state index is 0.222. The third-order valence-electron chi connectivity index (χ3n) is 5.19. The summed E-state index contributed by atoms with van der Waals surface area (Å²) in [4.78, 5) is 24.9. The number of halogens is 1. The zero-order valence-electron chi connectivity index (χ0n) is 21.7. The van der Waals surface area contributed by atoms with Gasteiger partial charge in [0.15, 0.2) is 29.6 Å². The predicted octanol–water partition coefficient (Wildman–Crippen LogP) is 5.24. The van der Waals surface area contributed by atoms with Crippen molar-refractivity contribution in [3.63, 3.8) is 0 Å². The largest absolute Gasteiger partial charge is 0.493 e. The summed E-state index contributed by atoms with van der Waals surface area (Å²) in [5, 5.41) is 7.34. The number of ether oxygens (including phenoxy) is 4. The number of anilines is 1. The van der Waals surface area contributed by atoms with Crippen molar-refractivity contribution in [2.45, 2.75) is 20.8 Å². The Balaban J connectivity index is 1.61. The minimum atomic E-state index is -0.407. The summed E-state index contributed by atoms with van der Waals surface area (Å²) in [5.41, 5.74) is 5.02. The molecule has 0 saturated carbocycles. The van der Waals surface area contributed by atoms with E-state index in [1.165, 1.54) is 13.3 Å². The van der Waals surface area contributed by atoms with E-state index in [1.54, 1.807) is 48.5 Å². The molecule has 0 aliphatic heterocycles. The summed E-state index contributed by atoms with van der Waals surface area (Å²) in [6.45, 7) is 6.17. The van der Waals surface area contributed by atoms with Crippen molar-refractivity contribution in [1.82, 2.24) is 5.43 Å². The lowest BCUT2D eigenvalue weighted by molar-refractivity contribution is -0.118. The van der Waals surface area contributed by atoms with Crippen LogP contribution in [0.1, 0.15) is 35.3 Å². The topological polar surface area (TPSA) is 107 Å². The number of hydrogen-bond donors (Lipinski definition) is 2. The highest BCUT2D eigenvalue weighted by atomic mass is 35.5. The molecule has 0 heterocycles. The summed E-state index contributed by atoms with van der Waals surface area (Å²) in [7, 11) is 1.53. The fourth-order valence-corrected chi connectivity index (χ4v) is 3.50. The highest BCUT2D eigenvalue weighted by Crippen LogP contribution is 2.29. The SMILES string of the molecule is CCOc1cc(C(=O)N/N=C/c2ccc(OCC(=O)Nc3ccc(C)c(Cl)c3)c(OCC)c2)ccc1OC. The lowest BCUT2D eigenvalue weighted by atomic mass is 10.2. The molecule has 0 radical (unpaired) electrons. The second-order valence-corrected chi connectivity index (χ2v) is 8.34. The van der Waals surface area contributed by atoms with Crippen LogP contribution in [-0.4, -0.2) is 45.0 Å². The van der Waals surface area contributed by atoms with Crippen LogP contribution in [0.4, 0.5) is 5.69 Å². The molecule has 3 aromatic carbocycles. The van der Waals surface area contributed by atoms with Crippen LogP contribution in [0.2, 0.25) is 5.02 Å². The molecule has 2 amide bonds. The number of aryl methyl sites for hydroxylation is 1. The van der Waals surface area contributed by atoms with E-state index >= 15 is 0 Å². The molecule has 2 N–H and O–H groups in total. The lowest BCUT2D eigenvalue weighted by Crippen LogP contribution is -2.20. The Morgan fingerprint density at radius 1 is 0.895 bits per heavy atom. The van der Waals surface area contributed by atoms with Crippen LogP contribution in [0, 0.1) is 6.92 Å². The summed E-state index contributed by atoms with van der Waals surface area (Å²) in [5.74, 6) is 1.09. The molecular formula is C28H30ClN3O6. The van der Waals surface area contributed by atoms with Crippen molar-refractivity contribution in [3.8, 4) is 23.0 Å². The van der Waals surface area contributed by atoms with Gasteiger partial charge in [0.1, 0.15) is 0 Å². The smallest absolute Gasteiger partial charge is 0.271 e. The minimum Gasteiger partial charge on any atom is -0.493 e. The number of carbonyl (C=O) groups excluding carboxylic acids is 2. The highest BCUT2D eigenvalue weighted by Gasteiger charge is 2.12. The molecule has 10 heteroatoms. The Kier molecular flexibility index (Phi) is 10.4. The van der Waals surface area contributed by atoms with E-state index in [2.05, 4.69) is 15.8 Å². The molecule has 3 aromatic rings. The van der Waals surface area contributed by atoms with Gasteiger partial charge in [-0.3, -0.25) is 9.59 Å². The zero-order valence-corrected chi connectivity index (χ0v) is 22.4. The molecule has 0 bridgehead atoms. The van der Waals surface area contributed by atoms with E-state index in [0.717, 1.165) is 5.56 Å². The number of carbonyl (C=O) groups is 2. The van der Waals surface area contributed by atoms with Gasteiger partial charge in [0.25, 0.3) is 11.8 Å². The Morgan fingerprint density at radius 3 is 2.29 bits per heavy atom. The number of benzene rings is 3. The van der Waals surface area contributed by atoms with Crippen LogP contribution in [-0.2, 0) is 4.79 Å². The third kappa shape index (κ3) is 7.88. The van der Waals surface area contributed by atoms with Gasteiger partial charge in [-0.15, -0.1) is 0 Å². The van der Waals surface area contributed by atoms with Crippen LogP contribution >= 0.6 is 11.6 Å². The van der Waals surface area contributed by atoms with Crippen LogP contribution in [0.5, 0.6) is 23.0 Å².